The Kier molecular flexibility index (Phi) is 3.32. The van der Waals surface area contributed by atoms with Crippen molar-refractivity contribution >= 4 is 39.6 Å². The van der Waals surface area contributed by atoms with Gasteiger partial charge in [-0.15, -0.1) is 0 Å². The molecule has 4 nitrogen and oxygen atoms in total. The van der Waals surface area contributed by atoms with Crippen LogP contribution >= 0.6 is 23.8 Å². The molecule has 14 heavy (non-hydrogen) atoms. The van der Waals surface area contributed by atoms with Crippen LogP contribution in [0.5, 0.6) is 0 Å². The number of benzene rings is 1. The molecule has 1 aromatic rings. The van der Waals surface area contributed by atoms with Gasteiger partial charge in [-0.3, -0.25) is 10.1 Å². The number of hydrogen-bond donors (Lipinski definition) is 1. The molecule has 0 aliphatic heterocycles. The van der Waals surface area contributed by atoms with Crippen LogP contribution in [0.4, 0.5) is 15.8 Å². The summed E-state index contributed by atoms with van der Waals surface area (Å²) in [7, 11) is 0. The minimum absolute atomic E-state index is 0.0602. The Balaban J connectivity index is 3.15. The first kappa shape index (κ1) is 10.8. The van der Waals surface area contributed by atoms with Crippen LogP contribution in [-0.2, 0) is 0 Å². The van der Waals surface area contributed by atoms with Gasteiger partial charge < -0.3 is 5.32 Å². The third-order valence-corrected chi connectivity index (χ3v) is 1.58. The first-order valence-electron chi connectivity index (χ1n) is 3.41. The van der Waals surface area contributed by atoms with Gasteiger partial charge in [0.2, 0.25) is 0 Å². The van der Waals surface area contributed by atoms with Gasteiger partial charge in [0.1, 0.15) is 11.5 Å². The topological polar surface area (TPSA) is 55.2 Å². The molecule has 74 valence electrons. The third kappa shape index (κ3) is 2.61. The van der Waals surface area contributed by atoms with Gasteiger partial charge in [0.15, 0.2) is 4.45 Å². The maximum atomic E-state index is 12.7. The predicted octanol–water partition coefficient (Wildman–Crippen LogP) is 2.67. The van der Waals surface area contributed by atoms with Crippen molar-refractivity contribution in [2.24, 2.45) is 0 Å². The fourth-order valence-electron chi connectivity index (χ4n) is 0.873. The van der Waals surface area contributed by atoms with E-state index in [1.807, 2.05) is 0 Å². The lowest BCUT2D eigenvalue weighted by molar-refractivity contribution is -0.383. The summed E-state index contributed by atoms with van der Waals surface area (Å²) in [5.74, 6) is -0.606. The van der Waals surface area contributed by atoms with E-state index >= 15 is 0 Å². The Morgan fingerprint density at radius 2 is 2.29 bits per heavy atom. The predicted molar refractivity (Wildman–Crippen MR) is 55.1 cm³/mol. The molecular formula is C7H4ClFN2O2S. The molecule has 0 aliphatic rings. The maximum absolute atomic E-state index is 12.7. The quantitative estimate of drug-likeness (QED) is 0.281. The standard InChI is InChI=1S/C7H4ClFN2O2S/c8-7(14)10-5-3-4(9)1-2-6(5)11(12)13/h1-3H,(H,10,14). The molecule has 0 saturated carbocycles. The van der Waals surface area contributed by atoms with Crippen LogP contribution in [0.3, 0.4) is 0 Å². The lowest BCUT2D eigenvalue weighted by Gasteiger charge is -2.03. The molecule has 1 N–H and O–H groups in total. The van der Waals surface area contributed by atoms with Gasteiger partial charge in [-0.1, -0.05) is 11.6 Å². The first-order chi connectivity index (χ1) is 6.50. The minimum atomic E-state index is -0.656. The van der Waals surface area contributed by atoms with Gasteiger partial charge in [0.05, 0.1) is 4.92 Å². The molecule has 1 aromatic carbocycles. The van der Waals surface area contributed by atoms with E-state index in [0.717, 1.165) is 18.2 Å². The molecule has 0 bridgehead atoms. The number of nitro groups is 1. The van der Waals surface area contributed by atoms with Gasteiger partial charge >= 0.3 is 0 Å². The van der Waals surface area contributed by atoms with Crippen molar-refractivity contribution in [2.45, 2.75) is 0 Å². The molecule has 0 fully saturated rings. The normalized spacial score (nSPS) is 9.57. The summed E-state index contributed by atoms with van der Waals surface area (Å²) in [6.07, 6.45) is 0. The molecule has 0 saturated heterocycles. The molecule has 0 radical (unpaired) electrons. The van der Waals surface area contributed by atoms with Crippen LogP contribution in [0.1, 0.15) is 0 Å². The molecule has 0 spiro atoms. The summed E-state index contributed by atoms with van der Waals surface area (Å²) < 4.78 is 12.5. The van der Waals surface area contributed by atoms with Crippen LogP contribution in [0.25, 0.3) is 0 Å². The van der Waals surface area contributed by atoms with E-state index in [9.17, 15) is 14.5 Å². The second-order valence-corrected chi connectivity index (χ2v) is 3.33. The lowest BCUT2D eigenvalue weighted by Crippen LogP contribution is -2.04. The molecular weight excluding hydrogens is 231 g/mol. The number of rotatable bonds is 2. The Labute approximate surface area is 88.8 Å². The Bertz CT molecular complexity index is 399. The Hall–Kier alpha value is -1.27. The van der Waals surface area contributed by atoms with E-state index in [1.165, 1.54) is 0 Å². The van der Waals surface area contributed by atoms with Crippen LogP contribution in [0, 0.1) is 15.9 Å². The lowest BCUT2D eigenvalue weighted by atomic mass is 10.2. The molecule has 0 aromatic heterocycles. The zero-order chi connectivity index (χ0) is 10.7. The zero-order valence-corrected chi connectivity index (χ0v) is 8.23. The van der Waals surface area contributed by atoms with E-state index in [1.54, 1.807) is 0 Å². The van der Waals surface area contributed by atoms with Crippen molar-refractivity contribution in [2.75, 3.05) is 5.32 Å². The van der Waals surface area contributed by atoms with E-state index in [0.29, 0.717) is 0 Å². The van der Waals surface area contributed by atoms with Crippen LogP contribution < -0.4 is 5.32 Å². The molecule has 0 aliphatic carbocycles. The van der Waals surface area contributed by atoms with Gasteiger partial charge in [-0.25, -0.2) is 4.39 Å². The number of thiocarbonyl (C=S) groups is 1. The monoisotopic (exact) mass is 234 g/mol. The Morgan fingerprint density at radius 1 is 1.64 bits per heavy atom. The largest absolute Gasteiger partial charge is 0.331 e. The SMILES string of the molecule is O=[N+]([O-])c1ccc(F)cc1NC(=S)Cl. The van der Waals surface area contributed by atoms with Crippen molar-refractivity contribution in [1.82, 2.24) is 0 Å². The number of nitro benzene ring substituents is 1. The third-order valence-electron chi connectivity index (χ3n) is 1.39. The fourth-order valence-corrected chi connectivity index (χ4v) is 1.09. The Morgan fingerprint density at radius 3 is 2.79 bits per heavy atom. The highest BCUT2D eigenvalue weighted by molar-refractivity contribution is 7.83. The van der Waals surface area contributed by atoms with Crippen molar-refractivity contribution in [3.05, 3.63) is 34.1 Å². The number of anilines is 1. The highest BCUT2D eigenvalue weighted by Gasteiger charge is 2.14. The zero-order valence-electron chi connectivity index (χ0n) is 6.66. The van der Waals surface area contributed by atoms with Crippen molar-refractivity contribution < 1.29 is 9.31 Å². The summed E-state index contributed by atoms with van der Waals surface area (Å²) in [4.78, 5) is 9.82. The van der Waals surface area contributed by atoms with Crippen LogP contribution in [0.2, 0.25) is 0 Å². The van der Waals surface area contributed by atoms with E-state index < -0.39 is 10.7 Å². The van der Waals surface area contributed by atoms with Crippen molar-refractivity contribution in [1.29, 1.82) is 0 Å². The molecule has 0 heterocycles. The van der Waals surface area contributed by atoms with Gasteiger partial charge in [-0.2, -0.15) is 0 Å². The second-order valence-electron chi connectivity index (χ2n) is 2.32. The van der Waals surface area contributed by atoms with E-state index in [2.05, 4.69) is 17.5 Å². The smallest absolute Gasteiger partial charge is 0.292 e. The maximum Gasteiger partial charge on any atom is 0.292 e. The number of hydrogen-bond acceptors (Lipinski definition) is 3. The molecule has 0 amide bonds. The summed E-state index contributed by atoms with van der Waals surface area (Å²) in [5.41, 5.74) is -0.343. The summed E-state index contributed by atoms with van der Waals surface area (Å²) >= 11 is 9.79. The van der Waals surface area contributed by atoms with E-state index in [4.69, 9.17) is 11.6 Å². The number of nitrogens with one attached hydrogen (secondary N) is 1. The number of halogens is 2. The fraction of sp³-hybridized carbons (Fsp3) is 0. The average molecular weight is 235 g/mol. The average Bonchev–Trinajstić information content (AvgIpc) is 2.01. The summed E-state index contributed by atoms with van der Waals surface area (Å²) in [5, 5.41) is 12.8. The van der Waals surface area contributed by atoms with Gasteiger partial charge in [-0.05, 0) is 18.3 Å². The number of nitrogens with zero attached hydrogens (tertiary/aromatic N) is 1. The van der Waals surface area contributed by atoms with Gasteiger partial charge in [0, 0.05) is 12.1 Å². The molecule has 0 unspecified atom stereocenters. The molecule has 1 rings (SSSR count). The van der Waals surface area contributed by atoms with Crippen molar-refractivity contribution in [3.8, 4) is 0 Å². The van der Waals surface area contributed by atoms with Crippen LogP contribution in [-0.4, -0.2) is 9.37 Å². The second kappa shape index (κ2) is 4.30. The van der Waals surface area contributed by atoms with Gasteiger partial charge in [0.25, 0.3) is 5.69 Å². The highest BCUT2D eigenvalue weighted by atomic mass is 35.5. The van der Waals surface area contributed by atoms with Crippen LogP contribution in [0.15, 0.2) is 18.2 Å². The minimum Gasteiger partial charge on any atom is -0.331 e. The molecule has 7 heteroatoms. The summed E-state index contributed by atoms with van der Waals surface area (Å²) in [6.45, 7) is 0. The summed E-state index contributed by atoms with van der Waals surface area (Å²) in [6, 6.07) is 2.97. The first-order valence-corrected chi connectivity index (χ1v) is 4.20. The molecule has 0 atom stereocenters. The highest BCUT2D eigenvalue weighted by Crippen LogP contribution is 2.25. The van der Waals surface area contributed by atoms with Crippen molar-refractivity contribution in [3.63, 3.8) is 0 Å². The van der Waals surface area contributed by atoms with E-state index in [-0.39, 0.29) is 15.8 Å².